The molecule has 0 bridgehead atoms. The molecule has 1 heteroatoms. The van der Waals surface area contributed by atoms with Gasteiger partial charge in [-0.05, 0) is 49.8 Å². The third kappa shape index (κ3) is 3.67. The van der Waals surface area contributed by atoms with Gasteiger partial charge in [0.05, 0.1) is 0 Å². The zero-order chi connectivity index (χ0) is 16.0. The van der Waals surface area contributed by atoms with Crippen molar-refractivity contribution in [3.8, 4) is 0 Å². The monoisotopic (exact) mass is 307 g/mol. The molecule has 1 saturated carbocycles. The van der Waals surface area contributed by atoms with Crippen LogP contribution in [0.25, 0.3) is 0 Å². The summed E-state index contributed by atoms with van der Waals surface area (Å²) in [5, 5.41) is 3.76. The van der Waals surface area contributed by atoms with Gasteiger partial charge in [-0.3, -0.25) is 0 Å². The van der Waals surface area contributed by atoms with Crippen LogP contribution in [-0.4, -0.2) is 12.6 Å². The van der Waals surface area contributed by atoms with E-state index in [1.807, 2.05) is 0 Å². The maximum absolute atomic E-state index is 3.76. The zero-order valence-corrected chi connectivity index (χ0v) is 14.3. The maximum atomic E-state index is 3.76. The van der Waals surface area contributed by atoms with E-state index in [1.165, 1.54) is 56.2 Å². The lowest BCUT2D eigenvalue weighted by molar-refractivity contribution is 0.282. The Balaban J connectivity index is 1.80. The summed E-state index contributed by atoms with van der Waals surface area (Å²) in [6, 6.07) is 23.0. The molecule has 2 aromatic rings. The smallest absolute Gasteiger partial charge is 0.0204 e. The Morgan fingerprint density at radius 2 is 1.39 bits per heavy atom. The van der Waals surface area contributed by atoms with Crippen molar-refractivity contribution in [1.29, 1.82) is 0 Å². The van der Waals surface area contributed by atoms with Crippen molar-refractivity contribution in [3.05, 3.63) is 71.8 Å². The molecule has 0 amide bonds. The lowest BCUT2D eigenvalue weighted by Gasteiger charge is -2.41. The molecule has 0 spiro atoms. The quantitative estimate of drug-likeness (QED) is 0.714. The van der Waals surface area contributed by atoms with E-state index >= 15 is 0 Å². The highest BCUT2D eigenvalue weighted by Crippen LogP contribution is 2.44. The minimum absolute atomic E-state index is 0.200. The van der Waals surface area contributed by atoms with Crippen LogP contribution in [0.1, 0.15) is 56.6 Å². The molecular formula is C22H29N. The van der Waals surface area contributed by atoms with Crippen LogP contribution in [-0.2, 0) is 5.41 Å². The molecule has 0 radical (unpaired) electrons. The van der Waals surface area contributed by atoms with Crippen molar-refractivity contribution in [2.75, 3.05) is 6.54 Å². The molecule has 0 aliphatic heterocycles. The van der Waals surface area contributed by atoms with Crippen LogP contribution < -0.4 is 5.32 Å². The first-order chi connectivity index (χ1) is 11.3. The molecule has 0 unspecified atom stereocenters. The predicted octanol–water partition coefficient (Wildman–Crippen LogP) is 5.31. The molecular weight excluding hydrogens is 278 g/mol. The van der Waals surface area contributed by atoms with Gasteiger partial charge in [-0.1, -0.05) is 74.0 Å². The highest BCUT2D eigenvalue weighted by Gasteiger charge is 2.37. The van der Waals surface area contributed by atoms with Gasteiger partial charge in [0.15, 0.2) is 0 Å². The Kier molecular flexibility index (Phi) is 5.51. The summed E-state index contributed by atoms with van der Waals surface area (Å²) in [5.74, 6) is 0. The predicted molar refractivity (Wildman–Crippen MR) is 98.8 cm³/mol. The third-order valence-corrected chi connectivity index (χ3v) is 5.46. The number of hydrogen-bond acceptors (Lipinski definition) is 1. The summed E-state index contributed by atoms with van der Waals surface area (Å²) < 4.78 is 0. The van der Waals surface area contributed by atoms with E-state index in [-0.39, 0.29) is 5.41 Å². The van der Waals surface area contributed by atoms with Crippen LogP contribution >= 0.6 is 0 Å². The van der Waals surface area contributed by atoms with E-state index in [0.717, 1.165) is 0 Å². The lowest BCUT2D eigenvalue weighted by Crippen LogP contribution is -2.40. The summed E-state index contributed by atoms with van der Waals surface area (Å²) in [5.41, 5.74) is 3.17. The van der Waals surface area contributed by atoms with Crippen molar-refractivity contribution < 1.29 is 0 Å². The topological polar surface area (TPSA) is 12.0 Å². The van der Waals surface area contributed by atoms with Gasteiger partial charge in [0.1, 0.15) is 0 Å². The summed E-state index contributed by atoms with van der Waals surface area (Å²) >= 11 is 0. The van der Waals surface area contributed by atoms with Crippen LogP contribution in [0.3, 0.4) is 0 Å². The van der Waals surface area contributed by atoms with Gasteiger partial charge in [-0.25, -0.2) is 0 Å². The SMILES string of the molecule is CCCCNC1CCC(c2ccccc2)(c2ccccc2)CC1. The molecule has 0 saturated heterocycles. The molecule has 1 nitrogen and oxygen atoms in total. The van der Waals surface area contributed by atoms with Crippen LogP contribution in [0, 0.1) is 0 Å². The molecule has 23 heavy (non-hydrogen) atoms. The first-order valence-corrected chi connectivity index (χ1v) is 9.19. The Hall–Kier alpha value is -1.60. The molecule has 122 valence electrons. The fourth-order valence-electron chi connectivity index (χ4n) is 4.06. The van der Waals surface area contributed by atoms with Gasteiger partial charge in [0.2, 0.25) is 0 Å². The molecule has 1 aliphatic carbocycles. The lowest BCUT2D eigenvalue weighted by atomic mass is 9.64. The van der Waals surface area contributed by atoms with Gasteiger partial charge in [0, 0.05) is 11.5 Å². The second-order valence-electron chi connectivity index (χ2n) is 6.90. The molecule has 1 N–H and O–H groups in total. The first kappa shape index (κ1) is 16.3. The van der Waals surface area contributed by atoms with Crippen molar-refractivity contribution in [2.24, 2.45) is 0 Å². The average Bonchev–Trinajstić information content (AvgIpc) is 2.64. The van der Waals surface area contributed by atoms with Crippen LogP contribution in [0.2, 0.25) is 0 Å². The highest BCUT2D eigenvalue weighted by molar-refractivity contribution is 5.39. The molecule has 0 heterocycles. The Morgan fingerprint density at radius 1 is 0.870 bits per heavy atom. The number of unbranched alkanes of at least 4 members (excludes halogenated alkanes) is 1. The van der Waals surface area contributed by atoms with Gasteiger partial charge < -0.3 is 5.32 Å². The largest absolute Gasteiger partial charge is 0.314 e. The van der Waals surface area contributed by atoms with Crippen molar-refractivity contribution >= 4 is 0 Å². The summed E-state index contributed by atoms with van der Waals surface area (Å²) in [7, 11) is 0. The summed E-state index contributed by atoms with van der Waals surface area (Å²) in [6.07, 6.45) is 7.59. The number of nitrogens with one attached hydrogen (secondary N) is 1. The fraction of sp³-hybridized carbons (Fsp3) is 0.455. The van der Waals surface area contributed by atoms with E-state index < -0.39 is 0 Å². The Labute approximate surface area is 141 Å². The number of benzene rings is 2. The Bertz CT molecular complexity index is 526. The van der Waals surface area contributed by atoms with Gasteiger partial charge >= 0.3 is 0 Å². The van der Waals surface area contributed by atoms with E-state index in [4.69, 9.17) is 0 Å². The zero-order valence-electron chi connectivity index (χ0n) is 14.3. The molecule has 0 atom stereocenters. The number of hydrogen-bond donors (Lipinski definition) is 1. The summed E-state index contributed by atoms with van der Waals surface area (Å²) in [4.78, 5) is 0. The van der Waals surface area contributed by atoms with Gasteiger partial charge in [0.25, 0.3) is 0 Å². The standard InChI is InChI=1S/C22H29N/c1-2-3-18-23-21-14-16-22(17-15-21,19-10-6-4-7-11-19)20-12-8-5-9-13-20/h4-13,21,23H,2-3,14-18H2,1H3. The summed E-state index contributed by atoms with van der Waals surface area (Å²) in [6.45, 7) is 3.43. The van der Waals surface area contributed by atoms with E-state index in [0.29, 0.717) is 6.04 Å². The van der Waals surface area contributed by atoms with Crippen molar-refractivity contribution in [1.82, 2.24) is 5.32 Å². The van der Waals surface area contributed by atoms with Crippen molar-refractivity contribution in [2.45, 2.75) is 56.9 Å². The van der Waals surface area contributed by atoms with Crippen LogP contribution in [0.15, 0.2) is 60.7 Å². The van der Waals surface area contributed by atoms with E-state index in [2.05, 4.69) is 72.9 Å². The molecule has 3 rings (SSSR count). The molecule has 1 fully saturated rings. The second kappa shape index (κ2) is 7.79. The van der Waals surface area contributed by atoms with Crippen LogP contribution in [0.5, 0.6) is 0 Å². The van der Waals surface area contributed by atoms with Crippen LogP contribution in [0.4, 0.5) is 0 Å². The molecule has 0 aromatic heterocycles. The van der Waals surface area contributed by atoms with Gasteiger partial charge in [-0.15, -0.1) is 0 Å². The minimum Gasteiger partial charge on any atom is -0.314 e. The fourth-order valence-corrected chi connectivity index (χ4v) is 4.06. The number of rotatable bonds is 6. The minimum atomic E-state index is 0.200. The third-order valence-electron chi connectivity index (χ3n) is 5.46. The average molecular weight is 307 g/mol. The normalized spacial score (nSPS) is 18.0. The second-order valence-corrected chi connectivity index (χ2v) is 6.90. The van der Waals surface area contributed by atoms with E-state index in [1.54, 1.807) is 0 Å². The maximum Gasteiger partial charge on any atom is 0.0204 e. The van der Waals surface area contributed by atoms with E-state index in [9.17, 15) is 0 Å². The van der Waals surface area contributed by atoms with Crippen molar-refractivity contribution in [3.63, 3.8) is 0 Å². The molecule has 1 aliphatic rings. The highest BCUT2D eigenvalue weighted by atomic mass is 14.9. The molecule has 2 aromatic carbocycles. The first-order valence-electron chi connectivity index (χ1n) is 9.19. The van der Waals surface area contributed by atoms with Gasteiger partial charge in [-0.2, -0.15) is 0 Å². The Morgan fingerprint density at radius 3 is 1.87 bits per heavy atom.